The first-order valence-corrected chi connectivity index (χ1v) is 7.17. The summed E-state index contributed by atoms with van der Waals surface area (Å²) in [4.78, 5) is 14.8. The Bertz CT molecular complexity index is 719. The summed E-state index contributed by atoms with van der Waals surface area (Å²) in [6.45, 7) is 5.93. The molecule has 0 unspecified atom stereocenters. The Labute approximate surface area is 125 Å². The third kappa shape index (κ3) is 1.83. The quantitative estimate of drug-likeness (QED) is 0.781. The van der Waals surface area contributed by atoms with Gasteiger partial charge in [0.1, 0.15) is 5.41 Å². The van der Waals surface area contributed by atoms with Crippen molar-refractivity contribution in [1.82, 2.24) is 0 Å². The van der Waals surface area contributed by atoms with E-state index in [0.717, 1.165) is 22.4 Å². The molecule has 1 amide bonds. The minimum atomic E-state index is -0.640. The molecule has 0 N–H and O–H groups in total. The van der Waals surface area contributed by atoms with Crippen molar-refractivity contribution in [3.05, 3.63) is 77.9 Å². The van der Waals surface area contributed by atoms with Crippen LogP contribution in [0.4, 0.5) is 5.69 Å². The minimum Gasteiger partial charge on any atom is -0.314 e. The number of hydrogen-bond acceptors (Lipinski definition) is 1. The molecule has 2 aromatic carbocycles. The summed E-state index contributed by atoms with van der Waals surface area (Å²) in [5, 5.41) is 0. The molecule has 0 spiro atoms. The molecule has 0 aliphatic carbocycles. The number of benzene rings is 2. The molecule has 0 fully saturated rings. The molecule has 0 saturated heterocycles. The van der Waals surface area contributed by atoms with Crippen molar-refractivity contribution < 1.29 is 4.79 Å². The monoisotopic (exact) mass is 277 g/mol. The van der Waals surface area contributed by atoms with E-state index in [1.165, 1.54) is 0 Å². The molecule has 1 atom stereocenters. The fraction of sp³-hybridized carbons (Fsp3) is 0.211. The third-order valence-electron chi connectivity index (χ3n) is 4.36. The maximum absolute atomic E-state index is 13.1. The van der Waals surface area contributed by atoms with Crippen molar-refractivity contribution in [2.75, 3.05) is 11.9 Å². The third-order valence-corrected chi connectivity index (χ3v) is 4.36. The Balaban J connectivity index is 2.32. The number of aryl methyl sites for hydroxylation is 1. The van der Waals surface area contributed by atoms with Crippen molar-refractivity contribution in [3.8, 4) is 0 Å². The first kappa shape index (κ1) is 13.6. The molecule has 2 heteroatoms. The molecule has 0 aromatic heterocycles. The van der Waals surface area contributed by atoms with Gasteiger partial charge in [0.05, 0.1) is 0 Å². The van der Waals surface area contributed by atoms with E-state index in [0.29, 0.717) is 6.42 Å². The zero-order valence-electron chi connectivity index (χ0n) is 12.5. The van der Waals surface area contributed by atoms with Gasteiger partial charge in [-0.25, -0.2) is 0 Å². The molecule has 0 saturated carbocycles. The van der Waals surface area contributed by atoms with Crippen LogP contribution in [0.15, 0.2) is 61.2 Å². The lowest BCUT2D eigenvalue weighted by atomic mass is 9.72. The number of carbonyl (C=O) groups excluding carboxylic acids is 1. The number of para-hydroxylation sites is 1. The van der Waals surface area contributed by atoms with Crippen molar-refractivity contribution in [2.24, 2.45) is 0 Å². The lowest BCUT2D eigenvalue weighted by molar-refractivity contribution is -0.121. The van der Waals surface area contributed by atoms with Gasteiger partial charge in [0.25, 0.3) is 0 Å². The number of hydrogen-bond donors (Lipinski definition) is 0. The van der Waals surface area contributed by atoms with Crippen LogP contribution in [0.1, 0.15) is 23.1 Å². The zero-order valence-corrected chi connectivity index (χ0v) is 12.5. The van der Waals surface area contributed by atoms with Gasteiger partial charge in [-0.1, -0.05) is 54.1 Å². The molecular formula is C19H19NO. The second-order valence-corrected chi connectivity index (χ2v) is 5.65. The molecule has 1 aliphatic rings. The number of carbonyl (C=O) groups is 1. The molecule has 0 bridgehead atoms. The van der Waals surface area contributed by atoms with Gasteiger partial charge in [0.15, 0.2) is 0 Å². The number of allylic oxidation sites excluding steroid dienone is 1. The number of anilines is 1. The van der Waals surface area contributed by atoms with E-state index in [9.17, 15) is 4.79 Å². The number of amides is 1. The molecule has 2 nitrogen and oxygen atoms in total. The van der Waals surface area contributed by atoms with Crippen molar-refractivity contribution in [2.45, 2.75) is 18.8 Å². The summed E-state index contributed by atoms with van der Waals surface area (Å²) in [6, 6.07) is 16.3. The first-order chi connectivity index (χ1) is 10.1. The lowest BCUT2D eigenvalue weighted by Gasteiger charge is -2.28. The second kappa shape index (κ2) is 4.88. The van der Waals surface area contributed by atoms with Gasteiger partial charge in [-0.2, -0.15) is 0 Å². The topological polar surface area (TPSA) is 20.3 Å². The standard InChI is InChI=1S/C19H19NO/c1-4-12-19(15-9-7-8-14(2)13-15)16-10-5-6-11-17(16)20(3)18(19)21/h4-11,13H,1,12H2,2-3H3/t19-/m1/s1. The van der Waals surface area contributed by atoms with Crippen LogP contribution in [0.2, 0.25) is 0 Å². The zero-order chi connectivity index (χ0) is 15.0. The summed E-state index contributed by atoms with van der Waals surface area (Å²) in [5.74, 6) is 0.120. The summed E-state index contributed by atoms with van der Waals surface area (Å²) < 4.78 is 0. The molecule has 106 valence electrons. The Morgan fingerprint density at radius 1 is 1.19 bits per heavy atom. The predicted octanol–water partition coefficient (Wildman–Crippen LogP) is 3.83. The summed E-state index contributed by atoms with van der Waals surface area (Å²) in [6.07, 6.45) is 2.45. The summed E-state index contributed by atoms with van der Waals surface area (Å²) in [5.41, 5.74) is 3.63. The van der Waals surface area contributed by atoms with Crippen molar-refractivity contribution >= 4 is 11.6 Å². The SMILES string of the molecule is C=CC[C@]1(c2cccc(C)c2)C(=O)N(C)c2ccccc21. The fourth-order valence-corrected chi connectivity index (χ4v) is 3.36. The molecule has 0 radical (unpaired) electrons. The van der Waals surface area contributed by atoms with Gasteiger partial charge in [-0.05, 0) is 30.5 Å². The van der Waals surface area contributed by atoms with Crippen molar-refractivity contribution in [3.63, 3.8) is 0 Å². The van der Waals surface area contributed by atoms with Crippen LogP contribution >= 0.6 is 0 Å². The van der Waals surface area contributed by atoms with Crippen LogP contribution in [0, 0.1) is 6.92 Å². The van der Waals surface area contributed by atoms with Gasteiger partial charge >= 0.3 is 0 Å². The van der Waals surface area contributed by atoms with E-state index < -0.39 is 5.41 Å². The highest BCUT2D eigenvalue weighted by molar-refractivity contribution is 6.10. The number of rotatable bonds is 3. The number of likely N-dealkylation sites (N-methyl/N-ethyl adjacent to an activating group) is 1. The van der Waals surface area contributed by atoms with Crippen LogP contribution in [0.25, 0.3) is 0 Å². The van der Waals surface area contributed by atoms with E-state index in [4.69, 9.17) is 0 Å². The average molecular weight is 277 g/mol. The van der Waals surface area contributed by atoms with E-state index in [1.54, 1.807) is 4.90 Å². The Kier molecular flexibility index (Phi) is 3.17. The first-order valence-electron chi connectivity index (χ1n) is 7.17. The van der Waals surface area contributed by atoms with E-state index in [1.807, 2.05) is 43.5 Å². The normalized spacial score (nSPS) is 20.5. The maximum Gasteiger partial charge on any atom is 0.242 e. The largest absolute Gasteiger partial charge is 0.314 e. The van der Waals surface area contributed by atoms with Gasteiger partial charge in [-0.3, -0.25) is 4.79 Å². The average Bonchev–Trinajstić information content (AvgIpc) is 2.71. The second-order valence-electron chi connectivity index (χ2n) is 5.65. The smallest absolute Gasteiger partial charge is 0.242 e. The van der Waals surface area contributed by atoms with Gasteiger partial charge < -0.3 is 4.90 Å². The van der Waals surface area contributed by atoms with Crippen LogP contribution in [-0.2, 0) is 10.2 Å². The molecule has 1 heterocycles. The molecular weight excluding hydrogens is 258 g/mol. The van der Waals surface area contributed by atoms with E-state index in [-0.39, 0.29) is 5.91 Å². The minimum absolute atomic E-state index is 0.120. The molecule has 1 aliphatic heterocycles. The molecule has 3 rings (SSSR count). The van der Waals surface area contributed by atoms with Crippen molar-refractivity contribution in [1.29, 1.82) is 0 Å². The Morgan fingerprint density at radius 2 is 1.95 bits per heavy atom. The number of nitrogens with zero attached hydrogens (tertiary/aromatic N) is 1. The fourth-order valence-electron chi connectivity index (χ4n) is 3.36. The number of fused-ring (bicyclic) bond motifs is 1. The Hall–Kier alpha value is -2.35. The highest BCUT2D eigenvalue weighted by atomic mass is 16.2. The highest BCUT2D eigenvalue weighted by Crippen LogP contribution is 2.47. The predicted molar refractivity (Wildman–Crippen MR) is 86.6 cm³/mol. The van der Waals surface area contributed by atoms with Crippen LogP contribution < -0.4 is 4.90 Å². The lowest BCUT2D eigenvalue weighted by Crippen LogP contribution is -2.39. The summed E-state index contributed by atoms with van der Waals surface area (Å²) >= 11 is 0. The molecule has 21 heavy (non-hydrogen) atoms. The van der Waals surface area contributed by atoms with Crippen LogP contribution in [0.5, 0.6) is 0 Å². The van der Waals surface area contributed by atoms with E-state index >= 15 is 0 Å². The van der Waals surface area contributed by atoms with Gasteiger partial charge in [0.2, 0.25) is 5.91 Å². The Morgan fingerprint density at radius 3 is 2.67 bits per heavy atom. The highest BCUT2D eigenvalue weighted by Gasteiger charge is 2.49. The maximum atomic E-state index is 13.1. The summed E-state index contributed by atoms with van der Waals surface area (Å²) in [7, 11) is 1.85. The van der Waals surface area contributed by atoms with Gasteiger partial charge in [0, 0.05) is 12.7 Å². The van der Waals surface area contributed by atoms with Crippen LogP contribution in [0.3, 0.4) is 0 Å². The molecule has 2 aromatic rings. The van der Waals surface area contributed by atoms with Gasteiger partial charge in [-0.15, -0.1) is 6.58 Å². The van der Waals surface area contributed by atoms with E-state index in [2.05, 4.69) is 31.7 Å². The van der Waals surface area contributed by atoms with Crippen LogP contribution in [-0.4, -0.2) is 13.0 Å².